The molecule has 0 bridgehead atoms. The predicted molar refractivity (Wildman–Crippen MR) is 68.6 cm³/mol. The molecule has 0 saturated carbocycles. The molecule has 0 atom stereocenters. The largest absolute Gasteiger partial charge is 0.478 e. The second-order valence-electron chi connectivity index (χ2n) is 3.61. The summed E-state index contributed by atoms with van der Waals surface area (Å²) in [6.45, 7) is 2.08. The number of aromatic carboxylic acids is 1. The Morgan fingerprint density at radius 1 is 1.44 bits per heavy atom. The van der Waals surface area contributed by atoms with E-state index in [1.165, 1.54) is 18.2 Å². The first-order valence-corrected chi connectivity index (χ1v) is 6.74. The van der Waals surface area contributed by atoms with Crippen LogP contribution in [0.2, 0.25) is 0 Å². The van der Waals surface area contributed by atoms with E-state index >= 15 is 0 Å². The molecule has 0 amide bonds. The fraction of sp³-hybridized carbons (Fsp3) is 0.300. The minimum atomic E-state index is -3.77. The van der Waals surface area contributed by atoms with Crippen LogP contribution in [0.4, 0.5) is 11.4 Å². The van der Waals surface area contributed by atoms with Gasteiger partial charge in [-0.15, -0.1) is 0 Å². The molecule has 0 aliphatic heterocycles. The lowest BCUT2D eigenvalue weighted by molar-refractivity contribution is 0.0698. The Bertz CT molecular complexity index is 542. The van der Waals surface area contributed by atoms with Gasteiger partial charge in [0.25, 0.3) is 10.2 Å². The normalized spacial score (nSPS) is 11.2. The highest BCUT2D eigenvalue weighted by Gasteiger charge is 2.15. The second-order valence-corrected chi connectivity index (χ2v) is 5.11. The summed E-state index contributed by atoms with van der Waals surface area (Å²) in [6.07, 6.45) is 0.633. The lowest BCUT2D eigenvalue weighted by atomic mass is 10.1. The summed E-state index contributed by atoms with van der Waals surface area (Å²) in [5, 5.41) is 8.95. The van der Waals surface area contributed by atoms with Gasteiger partial charge in [0.2, 0.25) is 0 Å². The monoisotopic (exact) mass is 273 g/mol. The summed E-state index contributed by atoms with van der Waals surface area (Å²) < 4.78 is 27.6. The smallest absolute Gasteiger partial charge is 0.337 e. The first-order valence-electron chi connectivity index (χ1n) is 5.26. The van der Waals surface area contributed by atoms with Gasteiger partial charge in [-0.25, -0.2) is 4.79 Å². The van der Waals surface area contributed by atoms with E-state index in [4.69, 9.17) is 10.8 Å². The average Bonchev–Trinajstić information content (AvgIpc) is 2.28. The van der Waals surface area contributed by atoms with E-state index in [0.29, 0.717) is 6.42 Å². The zero-order valence-electron chi connectivity index (χ0n) is 9.80. The molecular weight excluding hydrogens is 258 g/mol. The fourth-order valence-electron chi connectivity index (χ4n) is 1.25. The van der Waals surface area contributed by atoms with Crippen LogP contribution in [-0.2, 0) is 10.2 Å². The van der Waals surface area contributed by atoms with Crippen LogP contribution in [0.3, 0.4) is 0 Å². The number of nitrogens with two attached hydrogens (primary N) is 1. The van der Waals surface area contributed by atoms with Crippen LogP contribution in [-0.4, -0.2) is 26.0 Å². The molecule has 0 spiro atoms. The molecule has 1 aromatic rings. The molecule has 100 valence electrons. The third kappa shape index (κ3) is 3.90. The van der Waals surface area contributed by atoms with E-state index < -0.39 is 16.2 Å². The van der Waals surface area contributed by atoms with Crippen molar-refractivity contribution in [1.82, 2.24) is 4.72 Å². The Kier molecular flexibility index (Phi) is 4.51. The molecule has 0 aliphatic carbocycles. The predicted octanol–water partition coefficient (Wildman–Crippen LogP) is 0.623. The van der Waals surface area contributed by atoms with Crippen molar-refractivity contribution in [3.63, 3.8) is 0 Å². The molecule has 0 heterocycles. The Balaban J connectivity index is 3.01. The molecule has 18 heavy (non-hydrogen) atoms. The van der Waals surface area contributed by atoms with Crippen LogP contribution in [0.5, 0.6) is 0 Å². The number of anilines is 2. The van der Waals surface area contributed by atoms with E-state index in [1.807, 2.05) is 6.92 Å². The second kappa shape index (κ2) is 5.69. The molecule has 0 aromatic heterocycles. The SMILES string of the molecule is CCCNS(=O)(=O)Nc1ccc(N)cc1C(=O)O. The van der Waals surface area contributed by atoms with Gasteiger partial charge in [0.05, 0.1) is 11.3 Å². The van der Waals surface area contributed by atoms with E-state index in [9.17, 15) is 13.2 Å². The van der Waals surface area contributed by atoms with Crippen LogP contribution in [0.15, 0.2) is 18.2 Å². The van der Waals surface area contributed by atoms with E-state index in [0.717, 1.165) is 0 Å². The Labute approximate surface area is 105 Å². The molecule has 0 radical (unpaired) electrons. The molecule has 7 nitrogen and oxygen atoms in total. The fourth-order valence-corrected chi connectivity index (χ4v) is 2.26. The van der Waals surface area contributed by atoms with Crippen LogP contribution in [0, 0.1) is 0 Å². The third-order valence-electron chi connectivity index (χ3n) is 2.06. The van der Waals surface area contributed by atoms with Crippen molar-refractivity contribution < 1.29 is 18.3 Å². The standard InChI is InChI=1S/C10H15N3O4S/c1-2-5-12-18(16,17)13-9-4-3-7(11)6-8(9)10(14)15/h3-4,6,12-13H,2,5,11H2,1H3,(H,14,15). The van der Waals surface area contributed by atoms with Crippen molar-refractivity contribution in [3.8, 4) is 0 Å². The van der Waals surface area contributed by atoms with Gasteiger partial charge in [0.1, 0.15) is 0 Å². The lowest BCUT2D eigenvalue weighted by Gasteiger charge is -2.11. The first-order chi connectivity index (χ1) is 8.35. The van der Waals surface area contributed by atoms with E-state index in [1.54, 1.807) is 0 Å². The van der Waals surface area contributed by atoms with Crippen LogP contribution >= 0.6 is 0 Å². The van der Waals surface area contributed by atoms with Crippen molar-refractivity contribution >= 4 is 27.6 Å². The number of benzene rings is 1. The van der Waals surface area contributed by atoms with Crippen LogP contribution in [0.25, 0.3) is 0 Å². The molecule has 8 heteroatoms. The Hall–Kier alpha value is -1.80. The highest BCUT2D eigenvalue weighted by molar-refractivity contribution is 7.90. The van der Waals surface area contributed by atoms with Gasteiger partial charge in [-0.1, -0.05) is 6.92 Å². The van der Waals surface area contributed by atoms with Crippen molar-refractivity contribution in [1.29, 1.82) is 0 Å². The van der Waals surface area contributed by atoms with Crippen LogP contribution < -0.4 is 15.2 Å². The van der Waals surface area contributed by atoms with Gasteiger partial charge in [0, 0.05) is 12.2 Å². The minimum Gasteiger partial charge on any atom is -0.478 e. The zero-order chi connectivity index (χ0) is 13.8. The van der Waals surface area contributed by atoms with Gasteiger partial charge in [-0.05, 0) is 24.6 Å². The minimum absolute atomic E-state index is 0.0275. The molecule has 0 fully saturated rings. The summed E-state index contributed by atoms with van der Waals surface area (Å²) in [5.74, 6) is -1.25. The van der Waals surface area contributed by atoms with Crippen molar-refractivity contribution in [2.75, 3.05) is 17.0 Å². The maximum Gasteiger partial charge on any atom is 0.337 e. The van der Waals surface area contributed by atoms with Gasteiger partial charge >= 0.3 is 5.97 Å². The third-order valence-corrected chi connectivity index (χ3v) is 3.13. The quantitative estimate of drug-likeness (QED) is 0.566. The van der Waals surface area contributed by atoms with Crippen LogP contribution in [0.1, 0.15) is 23.7 Å². The number of hydrogen-bond acceptors (Lipinski definition) is 4. The van der Waals surface area contributed by atoms with Gasteiger partial charge < -0.3 is 10.8 Å². The lowest BCUT2D eigenvalue weighted by Crippen LogP contribution is -2.31. The average molecular weight is 273 g/mol. The maximum absolute atomic E-state index is 11.6. The van der Waals surface area contributed by atoms with Crippen molar-refractivity contribution in [2.24, 2.45) is 0 Å². The zero-order valence-corrected chi connectivity index (χ0v) is 10.6. The number of carboxylic acids is 1. The van der Waals surface area contributed by atoms with Gasteiger partial charge in [-0.3, -0.25) is 4.72 Å². The Morgan fingerprint density at radius 2 is 2.11 bits per heavy atom. The van der Waals surface area contributed by atoms with E-state index in [-0.39, 0.29) is 23.5 Å². The van der Waals surface area contributed by atoms with Crippen molar-refractivity contribution in [3.05, 3.63) is 23.8 Å². The van der Waals surface area contributed by atoms with E-state index in [2.05, 4.69) is 9.44 Å². The summed E-state index contributed by atoms with van der Waals surface area (Å²) in [5.41, 5.74) is 5.48. The van der Waals surface area contributed by atoms with Gasteiger partial charge in [-0.2, -0.15) is 13.1 Å². The first kappa shape index (κ1) is 14.3. The topological polar surface area (TPSA) is 122 Å². The number of nitrogens with one attached hydrogen (secondary N) is 2. The highest BCUT2D eigenvalue weighted by Crippen LogP contribution is 2.19. The molecule has 5 N–H and O–H groups in total. The molecular formula is C10H15N3O4S. The molecule has 1 rings (SSSR count). The molecule has 0 unspecified atom stereocenters. The highest BCUT2D eigenvalue weighted by atomic mass is 32.2. The maximum atomic E-state index is 11.6. The summed E-state index contributed by atoms with van der Waals surface area (Å²) in [6, 6.07) is 3.92. The number of carboxylic acid groups (broad SMARTS) is 1. The number of rotatable bonds is 6. The summed E-state index contributed by atoms with van der Waals surface area (Å²) in [4.78, 5) is 11.0. The Morgan fingerprint density at radius 3 is 2.67 bits per heavy atom. The number of hydrogen-bond donors (Lipinski definition) is 4. The number of nitrogen functional groups attached to an aromatic ring is 1. The summed E-state index contributed by atoms with van der Waals surface area (Å²) in [7, 11) is -3.77. The molecule has 1 aromatic carbocycles. The molecule has 0 saturated heterocycles. The summed E-state index contributed by atoms with van der Waals surface area (Å²) >= 11 is 0. The number of carbonyl (C=O) groups is 1. The van der Waals surface area contributed by atoms with Gasteiger partial charge in [0.15, 0.2) is 0 Å². The van der Waals surface area contributed by atoms with Crippen molar-refractivity contribution in [2.45, 2.75) is 13.3 Å². The molecule has 0 aliphatic rings.